The first-order valence-electron chi connectivity index (χ1n) is 3.69. The molecule has 0 saturated carbocycles. The molecule has 0 aromatic heterocycles. The highest BCUT2D eigenvalue weighted by Crippen LogP contribution is 2.34. The summed E-state index contributed by atoms with van der Waals surface area (Å²) < 4.78 is 10.6. The lowest BCUT2D eigenvalue weighted by Gasteiger charge is -2.24. The van der Waals surface area contributed by atoms with E-state index < -0.39 is 0 Å². The van der Waals surface area contributed by atoms with Crippen LogP contribution in [0.3, 0.4) is 0 Å². The lowest BCUT2D eigenvalue weighted by molar-refractivity contribution is -0.0644. The molecule has 2 rings (SSSR count). The quantitative estimate of drug-likeness (QED) is 0.516. The van der Waals surface area contributed by atoms with E-state index in [0.717, 1.165) is 13.0 Å². The Balaban J connectivity index is 1.76. The van der Waals surface area contributed by atoms with Gasteiger partial charge in [0, 0.05) is 6.61 Å². The third kappa shape index (κ3) is 0.864. The Morgan fingerprint density at radius 2 is 2.33 bits per heavy atom. The van der Waals surface area contributed by atoms with Crippen molar-refractivity contribution in [1.82, 2.24) is 0 Å². The molecule has 2 aliphatic rings. The normalized spacial score (nSPS) is 48.3. The molecule has 2 heterocycles. The summed E-state index contributed by atoms with van der Waals surface area (Å²) in [6.07, 6.45) is 3.79. The summed E-state index contributed by atoms with van der Waals surface area (Å²) in [5.41, 5.74) is 0. The van der Waals surface area contributed by atoms with E-state index in [2.05, 4.69) is 6.92 Å². The lowest BCUT2D eigenvalue weighted by atomic mass is 10.1. The molecular weight excluding hydrogens is 116 g/mol. The van der Waals surface area contributed by atoms with Crippen LogP contribution in [0.1, 0.15) is 19.8 Å². The van der Waals surface area contributed by atoms with Crippen LogP contribution in [-0.4, -0.2) is 24.9 Å². The van der Waals surface area contributed by atoms with Gasteiger partial charge in [0.2, 0.25) is 0 Å². The second-order valence-corrected chi connectivity index (χ2v) is 2.75. The van der Waals surface area contributed by atoms with Crippen molar-refractivity contribution in [3.63, 3.8) is 0 Å². The Morgan fingerprint density at radius 1 is 1.56 bits per heavy atom. The Labute approximate surface area is 55.1 Å². The summed E-state index contributed by atoms with van der Waals surface area (Å²) >= 11 is 0. The van der Waals surface area contributed by atoms with Crippen LogP contribution >= 0.6 is 0 Å². The second kappa shape index (κ2) is 1.96. The fourth-order valence-corrected chi connectivity index (χ4v) is 1.33. The van der Waals surface area contributed by atoms with Crippen LogP contribution in [0.15, 0.2) is 0 Å². The fraction of sp³-hybridized carbons (Fsp3) is 1.00. The van der Waals surface area contributed by atoms with Gasteiger partial charge in [-0.15, -0.1) is 0 Å². The van der Waals surface area contributed by atoms with Gasteiger partial charge < -0.3 is 9.47 Å². The summed E-state index contributed by atoms with van der Waals surface area (Å²) in [6.45, 7) is 3.10. The summed E-state index contributed by atoms with van der Waals surface area (Å²) in [7, 11) is 0. The predicted octanol–water partition coefficient (Wildman–Crippen LogP) is 0.953. The van der Waals surface area contributed by atoms with E-state index in [9.17, 15) is 0 Å². The first-order valence-corrected chi connectivity index (χ1v) is 3.69. The van der Waals surface area contributed by atoms with Crippen molar-refractivity contribution < 1.29 is 9.47 Å². The maximum absolute atomic E-state index is 5.35. The molecule has 0 radical (unpaired) electrons. The highest BCUT2D eigenvalue weighted by Gasteiger charge is 2.46. The van der Waals surface area contributed by atoms with Crippen molar-refractivity contribution in [2.45, 2.75) is 38.1 Å². The molecule has 52 valence electrons. The van der Waals surface area contributed by atoms with Crippen LogP contribution in [0.25, 0.3) is 0 Å². The van der Waals surface area contributed by atoms with Crippen molar-refractivity contribution in [2.75, 3.05) is 6.61 Å². The minimum Gasteiger partial charge on any atom is -0.375 e. The molecule has 0 amide bonds. The van der Waals surface area contributed by atoms with Crippen LogP contribution < -0.4 is 0 Å². The van der Waals surface area contributed by atoms with E-state index in [-0.39, 0.29) is 0 Å². The first kappa shape index (κ1) is 5.69. The SMILES string of the molecule is CCC1OC1C1CCO1. The Kier molecular flexibility index (Phi) is 1.24. The highest BCUT2D eigenvalue weighted by atomic mass is 16.6. The number of ether oxygens (including phenoxy) is 2. The van der Waals surface area contributed by atoms with Crippen molar-refractivity contribution in [2.24, 2.45) is 0 Å². The summed E-state index contributed by atoms with van der Waals surface area (Å²) in [5.74, 6) is 0. The summed E-state index contributed by atoms with van der Waals surface area (Å²) in [5, 5.41) is 0. The molecule has 2 fully saturated rings. The van der Waals surface area contributed by atoms with Gasteiger partial charge in [0.1, 0.15) is 6.10 Å². The monoisotopic (exact) mass is 128 g/mol. The Bertz CT molecular complexity index is 109. The van der Waals surface area contributed by atoms with Gasteiger partial charge >= 0.3 is 0 Å². The smallest absolute Gasteiger partial charge is 0.110 e. The maximum atomic E-state index is 5.35. The number of hydrogen-bond donors (Lipinski definition) is 0. The van der Waals surface area contributed by atoms with Gasteiger partial charge in [-0.1, -0.05) is 6.92 Å². The third-order valence-electron chi connectivity index (χ3n) is 2.12. The van der Waals surface area contributed by atoms with Gasteiger partial charge in [0.25, 0.3) is 0 Å². The van der Waals surface area contributed by atoms with Crippen molar-refractivity contribution >= 4 is 0 Å². The average molecular weight is 128 g/mol. The zero-order valence-electron chi connectivity index (χ0n) is 5.67. The van der Waals surface area contributed by atoms with Crippen molar-refractivity contribution in [3.8, 4) is 0 Å². The molecule has 0 N–H and O–H groups in total. The van der Waals surface area contributed by atoms with Crippen molar-refractivity contribution in [1.29, 1.82) is 0 Å². The maximum Gasteiger partial charge on any atom is 0.110 e. The van der Waals surface area contributed by atoms with Gasteiger partial charge in [0.05, 0.1) is 12.2 Å². The second-order valence-electron chi connectivity index (χ2n) is 2.75. The van der Waals surface area contributed by atoms with Crippen LogP contribution in [-0.2, 0) is 9.47 Å². The summed E-state index contributed by atoms with van der Waals surface area (Å²) in [6, 6.07) is 0. The minimum atomic E-state index is 0.454. The van der Waals surface area contributed by atoms with Gasteiger partial charge in [-0.05, 0) is 12.8 Å². The third-order valence-corrected chi connectivity index (χ3v) is 2.12. The van der Waals surface area contributed by atoms with E-state index in [1.54, 1.807) is 0 Å². The molecule has 0 aromatic carbocycles. The molecular formula is C7H12O2. The molecule has 0 aromatic rings. The lowest BCUT2D eigenvalue weighted by Crippen LogP contribution is -2.32. The standard InChI is InChI=1S/C7H12O2/c1-2-5-7(9-5)6-3-4-8-6/h5-7H,2-4H2,1H3. The number of hydrogen-bond acceptors (Lipinski definition) is 2. The van der Waals surface area contributed by atoms with E-state index in [0.29, 0.717) is 18.3 Å². The molecule has 0 bridgehead atoms. The predicted molar refractivity (Wildman–Crippen MR) is 33.3 cm³/mol. The zero-order chi connectivity index (χ0) is 6.27. The van der Waals surface area contributed by atoms with E-state index in [4.69, 9.17) is 9.47 Å². The van der Waals surface area contributed by atoms with Crippen LogP contribution in [0.2, 0.25) is 0 Å². The Hall–Kier alpha value is -0.0800. The average Bonchev–Trinajstić information content (AvgIpc) is 2.42. The van der Waals surface area contributed by atoms with Crippen LogP contribution in [0, 0.1) is 0 Å². The van der Waals surface area contributed by atoms with Crippen molar-refractivity contribution in [3.05, 3.63) is 0 Å². The number of epoxide rings is 1. The topological polar surface area (TPSA) is 21.8 Å². The van der Waals surface area contributed by atoms with Gasteiger partial charge in [0.15, 0.2) is 0 Å². The van der Waals surface area contributed by atoms with Crippen LogP contribution in [0.4, 0.5) is 0 Å². The Morgan fingerprint density at radius 3 is 2.67 bits per heavy atom. The largest absolute Gasteiger partial charge is 0.375 e. The highest BCUT2D eigenvalue weighted by molar-refractivity contribution is 4.93. The molecule has 2 saturated heterocycles. The van der Waals surface area contributed by atoms with E-state index in [1.165, 1.54) is 6.42 Å². The molecule has 3 unspecified atom stereocenters. The molecule has 0 aliphatic carbocycles. The zero-order valence-corrected chi connectivity index (χ0v) is 5.67. The molecule has 0 spiro atoms. The van der Waals surface area contributed by atoms with E-state index >= 15 is 0 Å². The molecule has 2 aliphatic heterocycles. The van der Waals surface area contributed by atoms with Crippen LogP contribution in [0.5, 0.6) is 0 Å². The van der Waals surface area contributed by atoms with Gasteiger partial charge in [-0.3, -0.25) is 0 Å². The van der Waals surface area contributed by atoms with Gasteiger partial charge in [-0.2, -0.15) is 0 Å². The molecule has 2 nitrogen and oxygen atoms in total. The van der Waals surface area contributed by atoms with Gasteiger partial charge in [-0.25, -0.2) is 0 Å². The molecule has 9 heavy (non-hydrogen) atoms. The first-order chi connectivity index (χ1) is 4.42. The molecule has 3 atom stereocenters. The van der Waals surface area contributed by atoms with E-state index in [1.807, 2.05) is 0 Å². The number of rotatable bonds is 2. The molecule has 2 heteroatoms. The fourth-order valence-electron chi connectivity index (χ4n) is 1.33. The minimum absolute atomic E-state index is 0.454. The summed E-state index contributed by atoms with van der Waals surface area (Å²) in [4.78, 5) is 0.